The molecule has 3 nitrogen and oxygen atoms in total. The number of hydrogen-bond acceptors (Lipinski definition) is 2. The van der Waals surface area contributed by atoms with Crippen molar-refractivity contribution in [1.82, 2.24) is 5.32 Å². The van der Waals surface area contributed by atoms with Crippen molar-refractivity contribution in [1.29, 1.82) is 0 Å². The van der Waals surface area contributed by atoms with Crippen molar-refractivity contribution in [3.63, 3.8) is 0 Å². The van der Waals surface area contributed by atoms with Crippen LogP contribution in [-0.2, 0) is 6.54 Å². The second kappa shape index (κ2) is 8.14. The third kappa shape index (κ3) is 4.86. The van der Waals surface area contributed by atoms with Gasteiger partial charge in [-0.2, -0.15) is 0 Å². The molecule has 0 saturated carbocycles. The molecule has 0 heterocycles. The van der Waals surface area contributed by atoms with Gasteiger partial charge < -0.3 is 15.4 Å². The molecular weight excluding hydrogens is 299 g/mol. The minimum Gasteiger partial charge on any atom is -0.490 e. The van der Waals surface area contributed by atoms with Gasteiger partial charge in [0.15, 0.2) is 5.11 Å². The second-order valence-corrected chi connectivity index (χ2v) is 4.93. The molecule has 2 aromatic carbocycles. The Bertz CT molecular complexity index is 643. The number of benzene rings is 2. The number of ether oxygens (including phenoxy) is 1. The molecule has 0 aliphatic heterocycles. The normalized spacial score (nSPS) is 9.86. The van der Waals surface area contributed by atoms with Crippen LogP contribution in [0, 0.1) is 5.82 Å². The van der Waals surface area contributed by atoms with Gasteiger partial charge in [-0.15, -0.1) is 0 Å². The topological polar surface area (TPSA) is 33.3 Å². The zero-order valence-corrected chi connectivity index (χ0v) is 12.8. The van der Waals surface area contributed by atoms with Crippen molar-refractivity contribution in [2.24, 2.45) is 0 Å². The first kappa shape index (κ1) is 16.0. The Labute approximate surface area is 134 Å². The lowest BCUT2D eigenvalue weighted by atomic mass is 10.2. The average molecular weight is 316 g/mol. The van der Waals surface area contributed by atoms with Crippen LogP contribution in [0.5, 0.6) is 5.75 Å². The number of thiocarbonyl (C=S) groups is 1. The van der Waals surface area contributed by atoms with Crippen LogP contribution < -0.4 is 15.4 Å². The summed E-state index contributed by atoms with van der Waals surface area (Å²) >= 11 is 5.19. The Balaban J connectivity index is 1.84. The fraction of sp³-hybridized carbons (Fsp3) is 0.118. The molecule has 2 rings (SSSR count). The number of halogens is 1. The van der Waals surface area contributed by atoms with E-state index in [2.05, 4.69) is 17.2 Å². The van der Waals surface area contributed by atoms with Gasteiger partial charge >= 0.3 is 0 Å². The summed E-state index contributed by atoms with van der Waals surface area (Å²) in [5, 5.41) is 6.44. The zero-order valence-electron chi connectivity index (χ0n) is 12.0. The number of rotatable bonds is 6. The first-order valence-electron chi connectivity index (χ1n) is 6.81. The minimum atomic E-state index is -0.249. The van der Waals surface area contributed by atoms with Gasteiger partial charge in [0.1, 0.15) is 18.2 Å². The molecule has 2 N–H and O–H groups in total. The highest BCUT2D eigenvalue weighted by atomic mass is 32.1. The molecule has 0 atom stereocenters. The molecule has 0 fully saturated rings. The average Bonchev–Trinajstić information content (AvgIpc) is 2.53. The molecule has 5 heteroatoms. The number of anilines is 1. The van der Waals surface area contributed by atoms with Crippen molar-refractivity contribution < 1.29 is 9.13 Å². The van der Waals surface area contributed by atoms with E-state index in [1.165, 1.54) is 6.07 Å². The molecule has 0 aromatic heterocycles. The largest absolute Gasteiger partial charge is 0.490 e. The summed E-state index contributed by atoms with van der Waals surface area (Å²) in [6.45, 7) is 4.39. The van der Waals surface area contributed by atoms with Gasteiger partial charge in [-0.05, 0) is 42.5 Å². The van der Waals surface area contributed by atoms with Gasteiger partial charge in [-0.3, -0.25) is 0 Å². The molecular formula is C17H17FN2OS. The maximum absolute atomic E-state index is 13.5. The Morgan fingerprint density at radius 3 is 2.59 bits per heavy atom. The fourth-order valence-electron chi connectivity index (χ4n) is 1.78. The third-order valence-electron chi connectivity index (χ3n) is 2.88. The summed E-state index contributed by atoms with van der Waals surface area (Å²) in [4.78, 5) is 0. The van der Waals surface area contributed by atoms with Crippen LogP contribution in [0.1, 0.15) is 5.56 Å². The molecule has 2 aromatic rings. The lowest BCUT2D eigenvalue weighted by Crippen LogP contribution is -2.28. The van der Waals surface area contributed by atoms with Crippen molar-refractivity contribution in [3.05, 3.63) is 72.6 Å². The van der Waals surface area contributed by atoms with Crippen LogP contribution >= 0.6 is 12.2 Å². The first-order valence-corrected chi connectivity index (χ1v) is 7.22. The zero-order chi connectivity index (χ0) is 15.8. The smallest absolute Gasteiger partial charge is 0.171 e. The second-order valence-electron chi connectivity index (χ2n) is 4.52. The van der Waals surface area contributed by atoms with Crippen LogP contribution in [0.25, 0.3) is 0 Å². The van der Waals surface area contributed by atoms with Crippen LogP contribution in [0.3, 0.4) is 0 Å². The Morgan fingerprint density at radius 1 is 1.18 bits per heavy atom. The van der Waals surface area contributed by atoms with E-state index in [9.17, 15) is 4.39 Å². The van der Waals surface area contributed by atoms with E-state index in [-0.39, 0.29) is 5.82 Å². The Morgan fingerprint density at radius 2 is 1.91 bits per heavy atom. The van der Waals surface area contributed by atoms with E-state index in [1.54, 1.807) is 24.3 Å². The lowest BCUT2D eigenvalue weighted by Gasteiger charge is -2.11. The van der Waals surface area contributed by atoms with Crippen molar-refractivity contribution in [2.45, 2.75) is 6.54 Å². The minimum absolute atomic E-state index is 0.249. The van der Waals surface area contributed by atoms with Crippen molar-refractivity contribution in [2.75, 3.05) is 11.9 Å². The molecule has 0 amide bonds. The fourth-order valence-corrected chi connectivity index (χ4v) is 1.97. The SMILES string of the molecule is C=CCOc1ccc(NC(=S)NCc2ccccc2F)cc1. The standard InChI is InChI=1S/C17H17FN2OS/c1-2-11-21-15-9-7-14(8-10-15)20-17(22)19-12-13-5-3-4-6-16(13)18/h2-10H,1,11-12H2,(H2,19,20,22). The van der Waals surface area contributed by atoms with E-state index in [4.69, 9.17) is 17.0 Å². The van der Waals surface area contributed by atoms with Gasteiger partial charge in [0.05, 0.1) is 0 Å². The van der Waals surface area contributed by atoms with Crippen molar-refractivity contribution >= 4 is 23.0 Å². The summed E-state index contributed by atoms with van der Waals surface area (Å²) in [5.41, 5.74) is 1.40. The number of hydrogen-bond donors (Lipinski definition) is 2. The Hall–Kier alpha value is -2.40. The molecule has 0 bridgehead atoms. The van der Waals surface area contributed by atoms with Gasteiger partial charge in [0.2, 0.25) is 0 Å². The molecule has 0 unspecified atom stereocenters. The maximum atomic E-state index is 13.5. The summed E-state index contributed by atoms with van der Waals surface area (Å²) in [6, 6.07) is 14.0. The van der Waals surface area contributed by atoms with Crippen LogP contribution in [0.2, 0.25) is 0 Å². The summed E-state index contributed by atoms with van der Waals surface area (Å²) in [6.07, 6.45) is 1.69. The van der Waals surface area contributed by atoms with E-state index < -0.39 is 0 Å². The first-order chi connectivity index (χ1) is 10.7. The molecule has 0 aliphatic carbocycles. The van der Waals surface area contributed by atoms with Gasteiger partial charge in [0.25, 0.3) is 0 Å². The summed E-state index contributed by atoms with van der Waals surface area (Å²) < 4.78 is 18.9. The molecule has 0 spiro atoms. The lowest BCUT2D eigenvalue weighted by molar-refractivity contribution is 0.363. The van der Waals surface area contributed by atoms with Gasteiger partial charge in [-0.1, -0.05) is 30.9 Å². The van der Waals surface area contributed by atoms with Gasteiger partial charge in [-0.25, -0.2) is 4.39 Å². The van der Waals surface area contributed by atoms with E-state index in [0.29, 0.717) is 23.8 Å². The third-order valence-corrected chi connectivity index (χ3v) is 3.12. The monoisotopic (exact) mass is 316 g/mol. The van der Waals surface area contributed by atoms with Crippen LogP contribution in [0.4, 0.5) is 10.1 Å². The highest BCUT2D eigenvalue weighted by Crippen LogP contribution is 2.15. The maximum Gasteiger partial charge on any atom is 0.171 e. The molecule has 0 radical (unpaired) electrons. The van der Waals surface area contributed by atoms with Gasteiger partial charge in [0, 0.05) is 17.8 Å². The van der Waals surface area contributed by atoms with E-state index in [0.717, 1.165) is 11.4 Å². The highest BCUT2D eigenvalue weighted by molar-refractivity contribution is 7.80. The molecule has 0 aliphatic rings. The highest BCUT2D eigenvalue weighted by Gasteiger charge is 2.02. The number of nitrogens with one attached hydrogen (secondary N) is 2. The van der Waals surface area contributed by atoms with E-state index >= 15 is 0 Å². The van der Waals surface area contributed by atoms with Crippen LogP contribution in [-0.4, -0.2) is 11.7 Å². The molecule has 114 valence electrons. The quantitative estimate of drug-likeness (QED) is 0.626. The molecule has 0 saturated heterocycles. The Kier molecular flexibility index (Phi) is 5.91. The predicted octanol–water partition coefficient (Wildman–Crippen LogP) is 3.88. The van der Waals surface area contributed by atoms with Crippen LogP contribution in [0.15, 0.2) is 61.2 Å². The predicted molar refractivity (Wildman–Crippen MR) is 91.6 cm³/mol. The van der Waals surface area contributed by atoms with Crippen molar-refractivity contribution in [3.8, 4) is 5.75 Å². The summed E-state index contributed by atoms with van der Waals surface area (Å²) in [7, 11) is 0. The summed E-state index contributed by atoms with van der Waals surface area (Å²) in [5.74, 6) is 0.511. The van der Waals surface area contributed by atoms with E-state index in [1.807, 2.05) is 24.3 Å². The molecule has 22 heavy (non-hydrogen) atoms.